The van der Waals surface area contributed by atoms with Crippen LogP contribution in [0.2, 0.25) is 0 Å². The van der Waals surface area contributed by atoms with Gasteiger partial charge in [0.1, 0.15) is 0 Å². The summed E-state index contributed by atoms with van der Waals surface area (Å²) in [4.78, 5) is 2.17. The Morgan fingerprint density at radius 3 is 2.54 bits per heavy atom. The van der Waals surface area contributed by atoms with E-state index in [2.05, 4.69) is 4.90 Å². The summed E-state index contributed by atoms with van der Waals surface area (Å²) in [5.41, 5.74) is -0.170. The Morgan fingerprint density at radius 1 is 1.54 bits per heavy atom. The van der Waals surface area contributed by atoms with Crippen molar-refractivity contribution in [3.05, 3.63) is 0 Å². The minimum Gasteiger partial charge on any atom is -0.392 e. The normalized spacial score (nSPS) is 30.7. The van der Waals surface area contributed by atoms with E-state index in [0.717, 1.165) is 19.4 Å². The molecule has 0 aromatic rings. The van der Waals surface area contributed by atoms with E-state index in [1.54, 1.807) is 0 Å². The highest BCUT2D eigenvalue weighted by molar-refractivity contribution is 4.95. The Balaban J connectivity index is 2.52. The molecule has 0 bridgehead atoms. The molecule has 1 unspecified atom stereocenters. The predicted octanol–water partition coefficient (Wildman–Crippen LogP) is 0.602. The van der Waals surface area contributed by atoms with Crippen molar-refractivity contribution < 1.29 is 10.2 Å². The van der Waals surface area contributed by atoms with Gasteiger partial charge in [-0.1, -0.05) is 6.92 Å². The molecule has 78 valence electrons. The second-order valence-corrected chi connectivity index (χ2v) is 4.47. The van der Waals surface area contributed by atoms with Crippen LogP contribution in [0.5, 0.6) is 0 Å². The van der Waals surface area contributed by atoms with E-state index < -0.39 is 0 Å². The molecule has 3 heteroatoms. The van der Waals surface area contributed by atoms with Gasteiger partial charge in [-0.25, -0.2) is 0 Å². The quantitative estimate of drug-likeness (QED) is 0.680. The van der Waals surface area contributed by atoms with Gasteiger partial charge in [-0.2, -0.15) is 0 Å². The molecule has 1 aliphatic rings. The van der Waals surface area contributed by atoms with Gasteiger partial charge in [-0.05, 0) is 26.7 Å². The predicted molar refractivity (Wildman–Crippen MR) is 52.6 cm³/mol. The number of aliphatic hydroxyl groups excluding tert-OH is 2. The van der Waals surface area contributed by atoms with Crippen LogP contribution in [0.3, 0.4) is 0 Å². The zero-order valence-electron chi connectivity index (χ0n) is 8.82. The fraction of sp³-hybridized carbons (Fsp3) is 1.00. The van der Waals surface area contributed by atoms with Crippen molar-refractivity contribution in [3.8, 4) is 0 Å². The SMILES string of the molecule is CC[C@H](O)CN1CCC(O)C1(C)C. The molecule has 2 atom stereocenters. The summed E-state index contributed by atoms with van der Waals surface area (Å²) < 4.78 is 0. The lowest BCUT2D eigenvalue weighted by Gasteiger charge is -2.34. The standard InChI is InChI=1S/C10H21NO2/c1-4-8(12)7-11-6-5-9(13)10(11,2)3/h8-9,12-13H,4-7H2,1-3H3/t8-,9?/m0/s1. The lowest BCUT2D eigenvalue weighted by atomic mass is 9.98. The number of hydrogen-bond donors (Lipinski definition) is 2. The first-order chi connectivity index (χ1) is 5.98. The highest BCUT2D eigenvalue weighted by Crippen LogP contribution is 2.28. The van der Waals surface area contributed by atoms with Gasteiger partial charge in [0.15, 0.2) is 0 Å². The first-order valence-corrected chi connectivity index (χ1v) is 5.09. The Morgan fingerprint density at radius 2 is 2.15 bits per heavy atom. The molecular formula is C10H21NO2. The van der Waals surface area contributed by atoms with E-state index in [1.807, 2.05) is 20.8 Å². The van der Waals surface area contributed by atoms with Crippen molar-refractivity contribution in [3.63, 3.8) is 0 Å². The molecule has 2 N–H and O–H groups in total. The van der Waals surface area contributed by atoms with Gasteiger partial charge < -0.3 is 10.2 Å². The summed E-state index contributed by atoms with van der Waals surface area (Å²) in [5.74, 6) is 0. The molecule has 0 radical (unpaired) electrons. The van der Waals surface area contributed by atoms with Crippen molar-refractivity contribution in [2.24, 2.45) is 0 Å². The highest BCUT2D eigenvalue weighted by Gasteiger charge is 2.40. The Kier molecular flexibility index (Phi) is 3.33. The Labute approximate surface area is 80.4 Å². The summed E-state index contributed by atoms with van der Waals surface area (Å²) in [7, 11) is 0. The molecule has 0 spiro atoms. The monoisotopic (exact) mass is 187 g/mol. The minimum atomic E-state index is -0.260. The van der Waals surface area contributed by atoms with Crippen LogP contribution in [0.15, 0.2) is 0 Å². The highest BCUT2D eigenvalue weighted by atomic mass is 16.3. The average molecular weight is 187 g/mol. The molecule has 1 aliphatic heterocycles. The van der Waals surface area contributed by atoms with Crippen LogP contribution < -0.4 is 0 Å². The molecule has 0 aliphatic carbocycles. The number of rotatable bonds is 3. The first-order valence-electron chi connectivity index (χ1n) is 5.09. The van der Waals surface area contributed by atoms with Crippen molar-refractivity contribution >= 4 is 0 Å². The topological polar surface area (TPSA) is 43.7 Å². The fourth-order valence-corrected chi connectivity index (χ4v) is 1.84. The van der Waals surface area contributed by atoms with Crippen LogP contribution >= 0.6 is 0 Å². The molecule has 1 saturated heterocycles. The second kappa shape index (κ2) is 3.95. The average Bonchev–Trinajstić information content (AvgIpc) is 2.31. The third-order valence-electron chi connectivity index (χ3n) is 3.21. The number of aliphatic hydroxyl groups is 2. The molecule has 0 aromatic carbocycles. The third-order valence-corrected chi connectivity index (χ3v) is 3.21. The molecule has 0 aromatic heterocycles. The van der Waals surface area contributed by atoms with E-state index >= 15 is 0 Å². The summed E-state index contributed by atoms with van der Waals surface area (Å²) >= 11 is 0. The van der Waals surface area contributed by atoms with E-state index in [9.17, 15) is 10.2 Å². The van der Waals surface area contributed by atoms with Crippen LogP contribution in [0, 0.1) is 0 Å². The van der Waals surface area contributed by atoms with E-state index in [-0.39, 0.29) is 17.7 Å². The maximum Gasteiger partial charge on any atom is 0.0730 e. The van der Waals surface area contributed by atoms with Crippen LogP contribution in [-0.4, -0.2) is 45.9 Å². The van der Waals surface area contributed by atoms with Gasteiger partial charge >= 0.3 is 0 Å². The molecule has 3 nitrogen and oxygen atoms in total. The van der Waals surface area contributed by atoms with Gasteiger partial charge in [0.2, 0.25) is 0 Å². The van der Waals surface area contributed by atoms with Crippen molar-refractivity contribution in [1.82, 2.24) is 4.90 Å². The molecule has 13 heavy (non-hydrogen) atoms. The first kappa shape index (κ1) is 11.0. The van der Waals surface area contributed by atoms with Gasteiger partial charge in [0.25, 0.3) is 0 Å². The third kappa shape index (κ3) is 2.22. The second-order valence-electron chi connectivity index (χ2n) is 4.47. The van der Waals surface area contributed by atoms with E-state index in [1.165, 1.54) is 0 Å². The fourth-order valence-electron chi connectivity index (χ4n) is 1.84. The van der Waals surface area contributed by atoms with E-state index in [4.69, 9.17) is 0 Å². The van der Waals surface area contributed by atoms with Gasteiger partial charge in [0, 0.05) is 18.6 Å². The molecular weight excluding hydrogens is 166 g/mol. The summed E-state index contributed by atoms with van der Waals surface area (Å²) in [6, 6.07) is 0. The molecule has 0 saturated carbocycles. The van der Waals surface area contributed by atoms with Gasteiger partial charge in [-0.15, -0.1) is 0 Å². The van der Waals surface area contributed by atoms with Crippen molar-refractivity contribution in [2.75, 3.05) is 13.1 Å². The van der Waals surface area contributed by atoms with Crippen molar-refractivity contribution in [2.45, 2.75) is 51.4 Å². The molecule has 0 amide bonds. The van der Waals surface area contributed by atoms with Crippen LogP contribution in [0.4, 0.5) is 0 Å². The van der Waals surface area contributed by atoms with Crippen LogP contribution in [0.25, 0.3) is 0 Å². The number of nitrogens with zero attached hydrogens (tertiary/aromatic N) is 1. The Bertz CT molecular complexity index is 170. The molecule has 1 heterocycles. The summed E-state index contributed by atoms with van der Waals surface area (Å²) in [5, 5.41) is 19.2. The zero-order valence-corrected chi connectivity index (χ0v) is 8.82. The molecule has 1 rings (SSSR count). The minimum absolute atomic E-state index is 0.170. The van der Waals surface area contributed by atoms with Gasteiger partial charge in [0.05, 0.1) is 12.2 Å². The van der Waals surface area contributed by atoms with Crippen molar-refractivity contribution in [1.29, 1.82) is 0 Å². The number of hydrogen-bond acceptors (Lipinski definition) is 3. The number of β-amino-alcohol motifs (C(OH)–C–C–N with tert-alkyl or cyclic N) is 1. The largest absolute Gasteiger partial charge is 0.392 e. The zero-order chi connectivity index (χ0) is 10.1. The van der Waals surface area contributed by atoms with Crippen LogP contribution in [-0.2, 0) is 0 Å². The van der Waals surface area contributed by atoms with E-state index in [0.29, 0.717) is 6.54 Å². The molecule has 1 fully saturated rings. The maximum absolute atomic E-state index is 9.69. The van der Waals surface area contributed by atoms with Crippen LogP contribution in [0.1, 0.15) is 33.6 Å². The lowest BCUT2D eigenvalue weighted by molar-refractivity contribution is 0.0250. The summed E-state index contributed by atoms with van der Waals surface area (Å²) in [6.45, 7) is 7.62. The smallest absolute Gasteiger partial charge is 0.0730 e. The van der Waals surface area contributed by atoms with Gasteiger partial charge in [-0.3, -0.25) is 4.90 Å². The Hall–Kier alpha value is -0.120. The summed E-state index contributed by atoms with van der Waals surface area (Å²) in [6.07, 6.45) is 1.09. The maximum atomic E-state index is 9.69. The lowest BCUT2D eigenvalue weighted by Crippen LogP contribution is -2.47. The number of likely N-dealkylation sites (tertiary alicyclic amines) is 1.